The molecule has 15 heavy (non-hydrogen) atoms. The highest BCUT2D eigenvalue weighted by Gasteiger charge is 2.05. The molecule has 0 heterocycles. The minimum absolute atomic E-state index is 0. The molecule has 0 aliphatic carbocycles. The molecule has 0 fully saturated rings. The number of halogens is 1. The van der Waals surface area contributed by atoms with Gasteiger partial charge in [-0.1, -0.05) is 6.07 Å². The molecule has 0 saturated heterocycles. The molecule has 0 amide bonds. The first-order valence-electron chi connectivity index (χ1n) is 4.70. The van der Waals surface area contributed by atoms with Crippen LogP contribution in [-0.2, 0) is 6.42 Å². The molecular formula is C11H18ClNO2. The van der Waals surface area contributed by atoms with E-state index in [4.69, 9.17) is 4.74 Å². The predicted molar refractivity (Wildman–Crippen MR) is 64.1 cm³/mol. The van der Waals surface area contributed by atoms with Gasteiger partial charge in [-0.25, -0.2) is 0 Å². The zero-order chi connectivity index (χ0) is 10.6. The van der Waals surface area contributed by atoms with E-state index in [1.807, 2.05) is 19.2 Å². The molecule has 3 nitrogen and oxygen atoms in total. The molecule has 86 valence electrons. The molecule has 0 spiro atoms. The smallest absolute Gasteiger partial charge is 0.160 e. The Morgan fingerprint density at radius 3 is 2.67 bits per heavy atom. The van der Waals surface area contributed by atoms with Crippen molar-refractivity contribution >= 4 is 12.4 Å². The third-order valence-electron chi connectivity index (χ3n) is 2.28. The van der Waals surface area contributed by atoms with Gasteiger partial charge in [-0.05, 0) is 38.1 Å². The van der Waals surface area contributed by atoms with Crippen LogP contribution in [0.5, 0.6) is 11.5 Å². The van der Waals surface area contributed by atoms with Crippen molar-refractivity contribution in [2.24, 2.45) is 0 Å². The van der Waals surface area contributed by atoms with Gasteiger partial charge in [-0.3, -0.25) is 0 Å². The fourth-order valence-corrected chi connectivity index (χ4v) is 1.30. The van der Waals surface area contributed by atoms with Crippen LogP contribution < -0.4 is 10.1 Å². The third kappa shape index (κ3) is 3.98. The van der Waals surface area contributed by atoms with Crippen LogP contribution in [0.4, 0.5) is 0 Å². The summed E-state index contributed by atoms with van der Waals surface area (Å²) < 4.78 is 5.03. The second kappa shape index (κ2) is 6.53. The summed E-state index contributed by atoms with van der Waals surface area (Å²) in [5, 5.41) is 12.5. The summed E-state index contributed by atoms with van der Waals surface area (Å²) in [6.45, 7) is 2.11. The number of nitrogens with one attached hydrogen (secondary N) is 1. The minimum Gasteiger partial charge on any atom is -0.504 e. The summed E-state index contributed by atoms with van der Waals surface area (Å²) in [5.74, 6) is 0.721. The summed E-state index contributed by atoms with van der Waals surface area (Å²) in [4.78, 5) is 0. The van der Waals surface area contributed by atoms with E-state index in [0.29, 0.717) is 11.8 Å². The number of ether oxygens (including phenoxy) is 1. The van der Waals surface area contributed by atoms with Crippen molar-refractivity contribution in [2.75, 3.05) is 14.2 Å². The van der Waals surface area contributed by atoms with Gasteiger partial charge >= 0.3 is 0 Å². The maximum Gasteiger partial charge on any atom is 0.160 e. The van der Waals surface area contributed by atoms with Gasteiger partial charge in [0.1, 0.15) is 0 Å². The van der Waals surface area contributed by atoms with E-state index in [9.17, 15) is 5.11 Å². The Kier molecular flexibility index (Phi) is 6.13. The number of phenols is 1. The third-order valence-corrected chi connectivity index (χ3v) is 2.28. The standard InChI is InChI=1S/C11H17NO2.ClH/c1-8(12-2)6-9-4-5-10(13)11(7-9)14-3;/h4-5,7-8,12-13H,6H2,1-3H3;1H. The summed E-state index contributed by atoms with van der Waals surface area (Å²) in [6, 6.07) is 5.86. The van der Waals surface area contributed by atoms with E-state index < -0.39 is 0 Å². The predicted octanol–water partition coefficient (Wildman–Crippen LogP) is 1.97. The molecule has 4 heteroatoms. The van der Waals surface area contributed by atoms with E-state index >= 15 is 0 Å². The van der Waals surface area contributed by atoms with Gasteiger partial charge in [-0.2, -0.15) is 0 Å². The van der Waals surface area contributed by atoms with E-state index in [1.165, 1.54) is 0 Å². The Balaban J connectivity index is 0.00000196. The molecule has 0 aliphatic rings. The Labute approximate surface area is 96.9 Å². The maximum atomic E-state index is 9.39. The summed E-state index contributed by atoms with van der Waals surface area (Å²) in [7, 11) is 3.49. The Bertz CT molecular complexity index is 305. The lowest BCUT2D eigenvalue weighted by Crippen LogP contribution is -2.23. The van der Waals surface area contributed by atoms with Gasteiger partial charge in [0.15, 0.2) is 11.5 Å². The van der Waals surface area contributed by atoms with Gasteiger partial charge < -0.3 is 15.2 Å². The average molecular weight is 232 g/mol. The van der Waals surface area contributed by atoms with Crippen LogP contribution in [0.15, 0.2) is 18.2 Å². The van der Waals surface area contributed by atoms with Crippen molar-refractivity contribution in [3.05, 3.63) is 23.8 Å². The molecule has 0 aliphatic heterocycles. The van der Waals surface area contributed by atoms with Gasteiger partial charge in [-0.15, -0.1) is 12.4 Å². The van der Waals surface area contributed by atoms with E-state index in [0.717, 1.165) is 12.0 Å². The van der Waals surface area contributed by atoms with Crippen molar-refractivity contribution in [1.29, 1.82) is 0 Å². The fraction of sp³-hybridized carbons (Fsp3) is 0.455. The quantitative estimate of drug-likeness (QED) is 0.833. The van der Waals surface area contributed by atoms with E-state index in [1.54, 1.807) is 13.2 Å². The Morgan fingerprint density at radius 1 is 1.47 bits per heavy atom. The zero-order valence-electron chi connectivity index (χ0n) is 9.28. The molecule has 0 aromatic heterocycles. The highest BCUT2D eigenvalue weighted by Crippen LogP contribution is 2.26. The SMILES string of the molecule is CNC(C)Cc1ccc(O)c(OC)c1.Cl. The summed E-state index contributed by atoms with van der Waals surface area (Å²) in [6.07, 6.45) is 0.924. The molecule has 1 aromatic rings. The Hall–Kier alpha value is -0.930. The summed E-state index contributed by atoms with van der Waals surface area (Å²) >= 11 is 0. The van der Waals surface area contributed by atoms with E-state index in [-0.39, 0.29) is 18.2 Å². The molecule has 1 rings (SSSR count). The van der Waals surface area contributed by atoms with Crippen LogP contribution in [-0.4, -0.2) is 25.3 Å². The largest absolute Gasteiger partial charge is 0.504 e. The number of phenolic OH excluding ortho intramolecular Hbond substituents is 1. The van der Waals surface area contributed by atoms with Crippen LogP contribution >= 0.6 is 12.4 Å². The maximum absolute atomic E-state index is 9.39. The van der Waals surface area contributed by atoms with E-state index in [2.05, 4.69) is 12.2 Å². The first-order valence-corrected chi connectivity index (χ1v) is 4.70. The number of rotatable bonds is 4. The second-order valence-electron chi connectivity index (χ2n) is 3.40. The minimum atomic E-state index is 0. The number of benzene rings is 1. The van der Waals surface area contributed by atoms with Gasteiger partial charge in [0, 0.05) is 6.04 Å². The lowest BCUT2D eigenvalue weighted by molar-refractivity contribution is 0.372. The lowest BCUT2D eigenvalue weighted by Gasteiger charge is -2.11. The van der Waals surface area contributed by atoms with Crippen molar-refractivity contribution < 1.29 is 9.84 Å². The van der Waals surface area contributed by atoms with Crippen LogP contribution in [0, 0.1) is 0 Å². The normalized spacial score (nSPS) is 11.7. The first-order chi connectivity index (χ1) is 6.67. The number of hydrogen-bond acceptors (Lipinski definition) is 3. The van der Waals surface area contributed by atoms with Crippen LogP contribution in [0.3, 0.4) is 0 Å². The zero-order valence-corrected chi connectivity index (χ0v) is 10.1. The average Bonchev–Trinajstić information content (AvgIpc) is 2.20. The van der Waals surface area contributed by atoms with Crippen molar-refractivity contribution in [3.8, 4) is 11.5 Å². The van der Waals surface area contributed by atoms with Crippen LogP contribution in [0.25, 0.3) is 0 Å². The number of methoxy groups -OCH3 is 1. The molecule has 1 aromatic carbocycles. The monoisotopic (exact) mass is 231 g/mol. The highest BCUT2D eigenvalue weighted by molar-refractivity contribution is 5.85. The van der Waals surface area contributed by atoms with Gasteiger partial charge in [0.2, 0.25) is 0 Å². The molecule has 1 atom stereocenters. The number of likely N-dealkylation sites (N-methyl/N-ethyl adjacent to an activating group) is 1. The molecule has 2 N–H and O–H groups in total. The fourth-order valence-electron chi connectivity index (χ4n) is 1.30. The highest BCUT2D eigenvalue weighted by atomic mass is 35.5. The van der Waals surface area contributed by atoms with Crippen LogP contribution in [0.2, 0.25) is 0 Å². The summed E-state index contributed by atoms with van der Waals surface area (Å²) in [5.41, 5.74) is 1.15. The topological polar surface area (TPSA) is 41.5 Å². The number of hydrogen-bond donors (Lipinski definition) is 2. The molecule has 0 radical (unpaired) electrons. The molecule has 1 unspecified atom stereocenters. The van der Waals surface area contributed by atoms with Gasteiger partial charge in [0.25, 0.3) is 0 Å². The van der Waals surface area contributed by atoms with Crippen molar-refractivity contribution in [1.82, 2.24) is 5.32 Å². The van der Waals surface area contributed by atoms with Crippen molar-refractivity contribution in [3.63, 3.8) is 0 Å². The first kappa shape index (κ1) is 14.1. The Morgan fingerprint density at radius 2 is 2.13 bits per heavy atom. The van der Waals surface area contributed by atoms with Gasteiger partial charge in [0.05, 0.1) is 7.11 Å². The molecule has 0 saturated carbocycles. The second-order valence-corrected chi connectivity index (χ2v) is 3.40. The lowest BCUT2D eigenvalue weighted by atomic mass is 10.1. The van der Waals surface area contributed by atoms with Crippen LogP contribution in [0.1, 0.15) is 12.5 Å². The molecular weight excluding hydrogens is 214 g/mol. The van der Waals surface area contributed by atoms with Crippen molar-refractivity contribution in [2.45, 2.75) is 19.4 Å². The number of aromatic hydroxyl groups is 1. The molecule has 0 bridgehead atoms.